The number of benzene rings is 2. The van der Waals surface area contributed by atoms with E-state index in [4.69, 9.17) is 9.15 Å². The Morgan fingerprint density at radius 1 is 1.09 bits per heavy atom. The van der Waals surface area contributed by atoms with Gasteiger partial charge in [-0.05, 0) is 24.3 Å². The van der Waals surface area contributed by atoms with Gasteiger partial charge in [0.1, 0.15) is 5.82 Å². The molecule has 11 heteroatoms. The molecule has 4 rings (SSSR count). The molecule has 0 aliphatic carbocycles. The van der Waals surface area contributed by atoms with Crippen molar-refractivity contribution in [2.75, 3.05) is 37.7 Å². The Morgan fingerprint density at radius 2 is 1.80 bits per heavy atom. The van der Waals surface area contributed by atoms with Crippen LogP contribution in [0, 0.1) is 15.9 Å². The van der Waals surface area contributed by atoms with E-state index in [9.17, 15) is 24.1 Å². The Kier molecular flexibility index (Phi) is 7.34. The largest absolute Gasteiger partial charge is 0.456 e. The van der Waals surface area contributed by atoms with Gasteiger partial charge in [-0.3, -0.25) is 19.7 Å². The normalized spacial score (nSPS) is 13.5. The number of anilines is 1. The number of ether oxygens (including phenoxy) is 1. The third-order valence-corrected chi connectivity index (χ3v) is 5.65. The fourth-order valence-electron chi connectivity index (χ4n) is 3.73. The van der Waals surface area contributed by atoms with E-state index in [0.29, 0.717) is 26.2 Å². The molecule has 1 aliphatic heterocycles. The van der Waals surface area contributed by atoms with Crippen molar-refractivity contribution in [2.45, 2.75) is 12.8 Å². The van der Waals surface area contributed by atoms with Gasteiger partial charge < -0.3 is 19.0 Å². The van der Waals surface area contributed by atoms with Crippen LogP contribution in [0.4, 0.5) is 15.8 Å². The van der Waals surface area contributed by atoms with Crippen molar-refractivity contribution < 1.29 is 28.1 Å². The lowest BCUT2D eigenvalue weighted by Gasteiger charge is -2.36. The zero-order chi connectivity index (χ0) is 24.8. The summed E-state index contributed by atoms with van der Waals surface area (Å²) in [4.78, 5) is 42.5. The van der Waals surface area contributed by atoms with Crippen molar-refractivity contribution in [3.63, 3.8) is 0 Å². The first-order valence-electron chi connectivity index (χ1n) is 11.0. The standard InChI is InChI=1S/C24H23FN4O6/c25-20-4-2-1-3-19(20)21-15-26-22(35-21)9-10-24(31)34-16-23(30)28-13-11-27(12-14-28)17-5-7-18(8-6-17)29(32)33/h1-8,15H,9-14,16H2. The average Bonchev–Trinajstić information content (AvgIpc) is 3.35. The lowest BCUT2D eigenvalue weighted by molar-refractivity contribution is -0.384. The maximum atomic E-state index is 13.9. The summed E-state index contributed by atoms with van der Waals surface area (Å²) in [5, 5.41) is 10.8. The molecule has 0 bridgehead atoms. The van der Waals surface area contributed by atoms with Crippen molar-refractivity contribution in [3.05, 3.63) is 76.6 Å². The summed E-state index contributed by atoms with van der Waals surface area (Å²) in [6, 6.07) is 12.4. The van der Waals surface area contributed by atoms with Crippen LogP contribution >= 0.6 is 0 Å². The smallest absolute Gasteiger partial charge is 0.306 e. The number of aromatic nitrogens is 1. The van der Waals surface area contributed by atoms with E-state index in [2.05, 4.69) is 4.98 Å². The van der Waals surface area contributed by atoms with Crippen molar-refractivity contribution in [2.24, 2.45) is 0 Å². The predicted molar refractivity (Wildman–Crippen MR) is 123 cm³/mol. The quantitative estimate of drug-likeness (QED) is 0.273. The summed E-state index contributed by atoms with van der Waals surface area (Å²) in [6.45, 7) is 1.66. The maximum absolute atomic E-state index is 13.9. The van der Waals surface area contributed by atoms with Crippen LogP contribution in [0.5, 0.6) is 0 Å². The second-order valence-corrected chi connectivity index (χ2v) is 7.90. The number of carbonyl (C=O) groups is 2. The molecule has 3 aromatic rings. The van der Waals surface area contributed by atoms with Crippen LogP contribution in [-0.2, 0) is 20.7 Å². The van der Waals surface area contributed by atoms with Crippen LogP contribution in [-0.4, -0.2) is 59.5 Å². The van der Waals surface area contributed by atoms with Gasteiger partial charge in [-0.1, -0.05) is 12.1 Å². The number of nitrogens with zero attached hydrogens (tertiary/aromatic N) is 4. The molecule has 0 spiro atoms. The molecule has 0 N–H and O–H groups in total. The lowest BCUT2D eigenvalue weighted by atomic mass is 10.2. The van der Waals surface area contributed by atoms with Crippen molar-refractivity contribution >= 4 is 23.3 Å². The molecule has 1 aromatic heterocycles. The molecule has 182 valence electrons. The van der Waals surface area contributed by atoms with E-state index in [0.717, 1.165) is 5.69 Å². The number of nitro benzene ring substituents is 1. The van der Waals surface area contributed by atoms with Crippen LogP contribution in [0.2, 0.25) is 0 Å². The fourth-order valence-corrected chi connectivity index (χ4v) is 3.73. The van der Waals surface area contributed by atoms with E-state index in [-0.39, 0.29) is 48.3 Å². The van der Waals surface area contributed by atoms with Crippen molar-refractivity contribution in [1.82, 2.24) is 9.88 Å². The number of rotatable bonds is 8. The number of halogens is 1. The van der Waals surface area contributed by atoms with E-state index in [1.165, 1.54) is 24.4 Å². The summed E-state index contributed by atoms with van der Waals surface area (Å²) in [7, 11) is 0. The molecule has 0 atom stereocenters. The summed E-state index contributed by atoms with van der Waals surface area (Å²) in [5.41, 5.74) is 1.16. The van der Waals surface area contributed by atoms with Gasteiger partial charge in [0.15, 0.2) is 18.3 Å². The minimum absolute atomic E-state index is 0.0257. The summed E-state index contributed by atoms with van der Waals surface area (Å²) in [5.74, 6) is -0.738. The number of non-ortho nitro benzene ring substituents is 1. The molecule has 0 radical (unpaired) electrons. The number of amides is 1. The van der Waals surface area contributed by atoms with Crippen LogP contribution < -0.4 is 4.90 Å². The lowest BCUT2D eigenvalue weighted by Crippen LogP contribution is -2.49. The molecule has 1 aliphatic rings. The fraction of sp³-hybridized carbons (Fsp3) is 0.292. The molecule has 2 aromatic carbocycles. The molecule has 0 saturated carbocycles. The molecule has 10 nitrogen and oxygen atoms in total. The second kappa shape index (κ2) is 10.8. The van der Waals surface area contributed by atoms with Crippen molar-refractivity contribution in [1.29, 1.82) is 0 Å². The molecule has 2 heterocycles. The zero-order valence-corrected chi connectivity index (χ0v) is 18.8. The summed E-state index contributed by atoms with van der Waals surface area (Å²) >= 11 is 0. The monoisotopic (exact) mass is 482 g/mol. The first-order valence-corrected chi connectivity index (χ1v) is 11.0. The molecule has 1 fully saturated rings. The number of carbonyl (C=O) groups excluding carboxylic acids is 2. The second-order valence-electron chi connectivity index (χ2n) is 7.90. The highest BCUT2D eigenvalue weighted by Crippen LogP contribution is 2.24. The number of aryl methyl sites for hydroxylation is 1. The first-order chi connectivity index (χ1) is 16.9. The Balaban J connectivity index is 1.18. The van der Waals surface area contributed by atoms with Crippen LogP contribution in [0.25, 0.3) is 11.3 Å². The maximum Gasteiger partial charge on any atom is 0.306 e. The number of nitro groups is 1. The summed E-state index contributed by atoms with van der Waals surface area (Å²) < 4.78 is 24.5. The SMILES string of the molecule is O=C(CCc1ncc(-c2ccccc2F)o1)OCC(=O)N1CCN(c2ccc([N+](=O)[O-])cc2)CC1. The number of hydrogen-bond donors (Lipinski definition) is 0. The topological polar surface area (TPSA) is 119 Å². The van der Waals surface area contributed by atoms with Crippen LogP contribution in [0.3, 0.4) is 0 Å². The van der Waals surface area contributed by atoms with E-state index in [1.807, 2.05) is 4.90 Å². The zero-order valence-electron chi connectivity index (χ0n) is 18.8. The number of piperazine rings is 1. The Bertz CT molecular complexity index is 1200. The minimum Gasteiger partial charge on any atom is -0.456 e. The van der Waals surface area contributed by atoms with Crippen molar-refractivity contribution in [3.8, 4) is 11.3 Å². The van der Waals surface area contributed by atoms with E-state index >= 15 is 0 Å². The van der Waals surface area contributed by atoms with Gasteiger partial charge in [0.2, 0.25) is 0 Å². The minimum atomic E-state index is -0.562. The van der Waals surface area contributed by atoms with Gasteiger partial charge in [-0.2, -0.15) is 0 Å². The van der Waals surface area contributed by atoms with E-state index in [1.54, 1.807) is 35.2 Å². The predicted octanol–water partition coefficient (Wildman–Crippen LogP) is 3.21. The molecule has 1 saturated heterocycles. The molecule has 0 unspecified atom stereocenters. The van der Waals surface area contributed by atoms with Gasteiger partial charge in [0.25, 0.3) is 11.6 Å². The highest BCUT2D eigenvalue weighted by molar-refractivity contribution is 5.81. The van der Waals surface area contributed by atoms with Gasteiger partial charge in [0.05, 0.1) is 23.1 Å². The first kappa shape index (κ1) is 23.9. The number of hydrogen-bond acceptors (Lipinski definition) is 8. The van der Waals surface area contributed by atoms with Gasteiger partial charge in [-0.15, -0.1) is 0 Å². The van der Waals surface area contributed by atoms with Gasteiger partial charge in [0, 0.05) is 50.4 Å². The van der Waals surface area contributed by atoms with Gasteiger partial charge in [-0.25, -0.2) is 9.37 Å². The van der Waals surface area contributed by atoms with Crippen LogP contribution in [0.1, 0.15) is 12.3 Å². The number of esters is 1. The molecular weight excluding hydrogens is 459 g/mol. The molecule has 35 heavy (non-hydrogen) atoms. The van der Waals surface area contributed by atoms with Gasteiger partial charge >= 0.3 is 5.97 Å². The third kappa shape index (κ3) is 5.99. The number of oxazole rings is 1. The molecule has 1 amide bonds. The molecular formula is C24H23FN4O6. The van der Waals surface area contributed by atoms with E-state index < -0.39 is 16.7 Å². The third-order valence-electron chi connectivity index (χ3n) is 5.65. The average molecular weight is 482 g/mol. The van der Waals surface area contributed by atoms with Crippen LogP contribution in [0.15, 0.2) is 59.1 Å². The Labute approximate surface area is 200 Å². The highest BCUT2D eigenvalue weighted by Gasteiger charge is 2.23. The summed E-state index contributed by atoms with van der Waals surface area (Å²) in [6.07, 6.45) is 1.53. The highest BCUT2D eigenvalue weighted by atomic mass is 19.1. The Hall–Kier alpha value is -4.28. The Morgan fingerprint density at radius 3 is 2.49 bits per heavy atom.